The smallest absolute Gasteiger partial charge is 0.324 e. The lowest BCUT2D eigenvalue weighted by Crippen LogP contribution is -2.46. The van der Waals surface area contributed by atoms with Gasteiger partial charge in [-0.1, -0.05) is 28.9 Å². The molecule has 8 heteroatoms. The van der Waals surface area contributed by atoms with Gasteiger partial charge in [0.1, 0.15) is 0 Å². The van der Waals surface area contributed by atoms with Crippen LogP contribution >= 0.6 is 11.6 Å². The number of urea groups is 1. The molecule has 0 aliphatic carbocycles. The number of carbonyl (C=O) groups excluding carboxylic acids is 1. The zero-order valence-corrected chi connectivity index (χ0v) is 13.9. The van der Waals surface area contributed by atoms with Gasteiger partial charge in [-0.25, -0.2) is 4.79 Å². The third kappa shape index (κ3) is 2.80. The molecule has 0 bridgehead atoms. The van der Waals surface area contributed by atoms with Crippen molar-refractivity contribution in [1.82, 2.24) is 20.4 Å². The van der Waals surface area contributed by atoms with E-state index in [1.54, 1.807) is 6.07 Å². The SMILES string of the molecule is O=C1NCCN1C1CCN(c2nc(-c3ccccc3Cl)no2)CC1. The van der Waals surface area contributed by atoms with Crippen molar-refractivity contribution in [3.8, 4) is 11.4 Å². The van der Waals surface area contributed by atoms with Gasteiger partial charge in [0, 0.05) is 37.8 Å². The molecule has 2 saturated heterocycles. The minimum Gasteiger partial charge on any atom is -0.336 e. The second kappa shape index (κ2) is 6.32. The Morgan fingerprint density at radius 1 is 1.21 bits per heavy atom. The number of aromatic nitrogens is 2. The van der Waals surface area contributed by atoms with Crippen LogP contribution in [0.25, 0.3) is 11.4 Å². The highest BCUT2D eigenvalue weighted by atomic mass is 35.5. The highest BCUT2D eigenvalue weighted by Crippen LogP contribution is 2.28. The van der Waals surface area contributed by atoms with E-state index in [2.05, 4.69) is 20.4 Å². The van der Waals surface area contributed by atoms with Crippen LogP contribution in [0.2, 0.25) is 5.02 Å². The van der Waals surface area contributed by atoms with Crippen LogP contribution in [0.5, 0.6) is 0 Å². The Morgan fingerprint density at radius 3 is 2.71 bits per heavy atom. The lowest BCUT2D eigenvalue weighted by Gasteiger charge is -2.35. The van der Waals surface area contributed by atoms with Crippen molar-refractivity contribution in [1.29, 1.82) is 0 Å². The summed E-state index contributed by atoms with van der Waals surface area (Å²) >= 11 is 6.18. The molecule has 4 rings (SSSR count). The van der Waals surface area contributed by atoms with Gasteiger partial charge in [-0.05, 0) is 25.0 Å². The van der Waals surface area contributed by atoms with Crippen LogP contribution < -0.4 is 10.2 Å². The Hall–Kier alpha value is -2.28. The summed E-state index contributed by atoms with van der Waals surface area (Å²) in [5, 5.41) is 7.50. The minimum absolute atomic E-state index is 0.0484. The van der Waals surface area contributed by atoms with Crippen LogP contribution in [0.4, 0.5) is 10.8 Å². The molecule has 0 spiro atoms. The number of hydrogen-bond acceptors (Lipinski definition) is 5. The molecule has 0 atom stereocenters. The standard InChI is InChI=1S/C16H18ClN5O2/c17-13-4-2-1-3-12(13)14-19-16(24-20-14)21-8-5-11(6-9-21)22-10-7-18-15(22)23/h1-4,11H,5-10H2,(H,18,23). The number of benzene rings is 1. The van der Waals surface area contributed by atoms with Crippen LogP contribution in [-0.2, 0) is 0 Å². The molecule has 0 radical (unpaired) electrons. The van der Waals surface area contributed by atoms with Crippen molar-refractivity contribution in [2.24, 2.45) is 0 Å². The Morgan fingerprint density at radius 2 is 2.00 bits per heavy atom. The molecule has 126 valence electrons. The van der Waals surface area contributed by atoms with Gasteiger partial charge in [0.15, 0.2) is 0 Å². The quantitative estimate of drug-likeness (QED) is 0.922. The summed E-state index contributed by atoms with van der Waals surface area (Å²) in [6.07, 6.45) is 1.80. The van der Waals surface area contributed by atoms with E-state index < -0.39 is 0 Å². The lowest BCUT2D eigenvalue weighted by atomic mass is 10.0. The van der Waals surface area contributed by atoms with Crippen LogP contribution in [0.1, 0.15) is 12.8 Å². The number of piperidine rings is 1. The molecule has 7 nitrogen and oxygen atoms in total. The summed E-state index contributed by atoms with van der Waals surface area (Å²) in [6, 6.07) is 8.28. The average Bonchev–Trinajstić information content (AvgIpc) is 3.25. The fourth-order valence-electron chi connectivity index (χ4n) is 3.30. The van der Waals surface area contributed by atoms with E-state index in [0.29, 0.717) is 16.9 Å². The van der Waals surface area contributed by atoms with Crippen LogP contribution in [0.15, 0.2) is 28.8 Å². The Labute approximate surface area is 144 Å². The fourth-order valence-corrected chi connectivity index (χ4v) is 3.52. The average molecular weight is 348 g/mol. The molecule has 2 aliphatic heterocycles. The predicted octanol–water partition coefficient (Wildman–Crippen LogP) is 2.38. The third-order valence-electron chi connectivity index (χ3n) is 4.60. The van der Waals surface area contributed by atoms with Gasteiger partial charge in [0.2, 0.25) is 5.82 Å². The van der Waals surface area contributed by atoms with Gasteiger partial charge >= 0.3 is 12.0 Å². The van der Waals surface area contributed by atoms with Crippen molar-refractivity contribution in [3.05, 3.63) is 29.3 Å². The molecule has 2 aromatic rings. The van der Waals surface area contributed by atoms with E-state index in [1.165, 1.54) is 0 Å². The van der Waals surface area contributed by atoms with Gasteiger partial charge in [-0.15, -0.1) is 0 Å². The topological polar surface area (TPSA) is 74.5 Å². The second-order valence-electron chi connectivity index (χ2n) is 6.02. The summed E-state index contributed by atoms with van der Waals surface area (Å²) in [5.41, 5.74) is 0.762. The maximum absolute atomic E-state index is 11.8. The molecule has 0 saturated carbocycles. The van der Waals surface area contributed by atoms with Crippen LogP contribution in [-0.4, -0.2) is 53.3 Å². The summed E-state index contributed by atoms with van der Waals surface area (Å²) in [7, 11) is 0. The summed E-state index contributed by atoms with van der Waals surface area (Å²) in [6.45, 7) is 3.11. The molecular formula is C16H18ClN5O2. The first kappa shape index (κ1) is 15.3. The third-order valence-corrected chi connectivity index (χ3v) is 4.93. The van der Waals surface area contributed by atoms with Crippen LogP contribution in [0, 0.1) is 0 Å². The van der Waals surface area contributed by atoms with Gasteiger partial charge < -0.3 is 19.6 Å². The molecular weight excluding hydrogens is 330 g/mol. The summed E-state index contributed by atoms with van der Waals surface area (Å²) in [4.78, 5) is 20.2. The minimum atomic E-state index is 0.0484. The Balaban J connectivity index is 1.43. The first-order valence-corrected chi connectivity index (χ1v) is 8.48. The van der Waals surface area contributed by atoms with E-state index in [4.69, 9.17) is 16.1 Å². The van der Waals surface area contributed by atoms with E-state index in [9.17, 15) is 4.79 Å². The van der Waals surface area contributed by atoms with Crippen LogP contribution in [0.3, 0.4) is 0 Å². The second-order valence-corrected chi connectivity index (χ2v) is 6.43. The zero-order chi connectivity index (χ0) is 16.5. The van der Waals surface area contributed by atoms with Crippen molar-refractivity contribution in [2.75, 3.05) is 31.1 Å². The van der Waals surface area contributed by atoms with Gasteiger partial charge in [-0.3, -0.25) is 0 Å². The van der Waals surface area contributed by atoms with Crippen molar-refractivity contribution < 1.29 is 9.32 Å². The number of hydrogen-bond donors (Lipinski definition) is 1. The number of halogens is 1. The molecule has 1 aromatic heterocycles. The molecule has 2 amide bonds. The van der Waals surface area contributed by atoms with Crippen molar-refractivity contribution in [3.63, 3.8) is 0 Å². The largest absolute Gasteiger partial charge is 0.336 e. The maximum atomic E-state index is 11.8. The number of carbonyl (C=O) groups is 1. The highest BCUT2D eigenvalue weighted by molar-refractivity contribution is 6.33. The van der Waals surface area contributed by atoms with Crippen molar-refractivity contribution in [2.45, 2.75) is 18.9 Å². The molecule has 1 N–H and O–H groups in total. The maximum Gasteiger partial charge on any atom is 0.324 e. The van der Waals surface area contributed by atoms with Gasteiger partial charge in [-0.2, -0.15) is 4.98 Å². The molecule has 24 heavy (non-hydrogen) atoms. The Kier molecular flexibility index (Phi) is 4.02. The number of amides is 2. The van der Waals surface area contributed by atoms with Gasteiger partial charge in [0.25, 0.3) is 0 Å². The summed E-state index contributed by atoms with van der Waals surface area (Å²) < 4.78 is 5.41. The van der Waals surface area contributed by atoms with Crippen molar-refractivity contribution >= 4 is 23.6 Å². The number of anilines is 1. The molecule has 2 fully saturated rings. The normalized spacial score (nSPS) is 19.0. The number of nitrogens with one attached hydrogen (secondary N) is 1. The first-order valence-electron chi connectivity index (χ1n) is 8.10. The molecule has 3 heterocycles. The lowest BCUT2D eigenvalue weighted by molar-refractivity contribution is 0.185. The van der Waals surface area contributed by atoms with E-state index in [1.807, 2.05) is 23.1 Å². The highest BCUT2D eigenvalue weighted by Gasteiger charge is 2.32. The number of rotatable bonds is 3. The summed E-state index contributed by atoms with van der Waals surface area (Å²) in [5.74, 6) is 0.497. The van der Waals surface area contributed by atoms with E-state index in [0.717, 1.165) is 44.6 Å². The number of nitrogens with zero attached hydrogens (tertiary/aromatic N) is 4. The predicted molar refractivity (Wildman–Crippen MR) is 90.1 cm³/mol. The van der Waals surface area contributed by atoms with E-state index >= 15 is 0 Å². The first-order chi connectivity index (χ1) is 11.7. The Bertz CT molecular complexity index is 742. The zero-order valence-electron chi connectivity index (χ0n) is 13.1. The fraction of sp³-hybridized carbons (Fsp3) is 0.438. The molecule has 0 unspecified atom stereocenters. The molecule has 2 aliphatic rings. The van der Waals surface area contributed by atoms with E-state index in [-0.39, 0.29) is 12.1 Å². The monoisotopic (exact) mass is 347 g/mol. The molecule has 1 aromatic carbocycles. The van der Waals surface area contributed by atoms with Gasteiger partial charge in [0.05, 0.1) is 5.02 Å².